The zero-order valence-corrected chi connectivity index (χ0v) is 17.1. The maximum absolute atomic E-state index is 13.2. The highest BCUT2D eigenvalue weighted by atomic mass is 16.5. The van der Waals surface area contributed by atoms with Crippen molar-refractivity contribution in [2.24, 2.45) is 10.7 Å². The van der Waals surface area contributed by atoms with Crippen molar-refractivity contribution in [1.82, 2.24) is 0 Å². The Kier molecular flexibility index (Phi) is 5.23. The lowest BCUT2D eigenvalue weighted by Gasteiger charge is -2.34. The molecule has 0 unspecified atom stereocenters. The van der Waals surface area contributed by atoms with Crippen LogP contribution in [0.25, 0.3) is 0 Å². The van der Waals surface area contributed by atoms with Gasteiger partial charge in [-0.05, 0) is 30.5 Å². The van der Waals surface area contributed by atoms with Gasteiger partial charge in [-0.3, -0.25) is 0 Å². The zero-order chi connectivity index (χ0) is 21.1. The van der Waals surface area contributed by atoms with Crippen molar-refractivity contribution in [3.05, 3.63) is 119 Å². The van der Waals surface area contributed by atoms with E-state index in [1.165, 1.54) is 0 Å². The molecule has 1 heterocycles. The van der Waals surface area contributed by atoms with E-state index < -0.39 is 11.4 Å². The predicted octanol–water partition coefficient (Wildman–Crippen LogP) is 4.52. The fourth-order valence-electron chi connectivity index (χ4n) is 4.21. The van der Waals surface area contributed by atoms with E-state index in [4.69, 9.17) is 15.5 Å². The van der Waals surface area contributed by atoms with Gasteiger partial charge >= 0.3 is 5.97 Å². The minimum atomic E-state index is -0.966. The fraction of sp³-hybridized carbons (Fsp3) is 0.154. The summed E-state index contributed by atoms with van der Waals surface area (Å²) in [6.07, 6.45) is 0. The first-order valence-electron chi connectivity index (χ1n) is 10.0. The molecule has 1 aliphatic heterocycles. The van der Waals surface area contributed by atoms with E-state index in [2.05, 4.69) is 6.07 Å². The van der Waals surface area contributed by atoms with Gasteiger partial charge < -0.3 is 10.5 Å². The molecule has 30 heavy (non-hydrogen) atoms. The summed E-state index contributed by atoms with van der Waals surface area (Å²) in [6.45, 7) is 4.09. The molecule has 1 aliphatic rings. The molecule has 2 N–H and O–H groups in total. The number of aryl methyl sites for hydroxylation is 1. The van der Waals surface area contributed by atoms with Crippen LogP contribution in [0.3, 0.4) is 0 Å². The van der Waals surface area contributed by atoms with Gasteiger partial charge in [-0.15, -0.1) is 0 Å². The van der Waals surface area contributed by atoms with Crippen LogP contribution in [0.2, 0.25) is 0 Å². The van der Waals surface area contributed by atoms with E-state index in [0.717, 1.165) is 28.0 Å². The van der Waals surface area contributed by atoms with Crippen LogP contribution in [0.4, 0.5) is 0 Å². The Labute approximate surface area is 176 Å². The number of carbonyl (C=O) groups excluding carboxylic acids is 1. The lowest BCUT2D eigenvalue weighted by atomic mass is 9.65. The van der Waals surface area contributed by atoms with Crippen LogP contribution >= 0.6 is 0 Å². The van der Waals surface area contributed by atoms with Crippen LogP contribution < -0.4 is 5.73 Å². The molecular formula is C26H24N2O2. The number of aliphatic imine (C=N–C) groups is 1. The monoisotopic (exact) mass is 396 g/mol. The van der Waals surface area contributed by atoms with Crippen molar-refractivity contribution in [1.29, 1.82) is 0 Å². The summed E-state index contributed by atoms with van der Waals surface area (Å²) in [5, 5.41) is 0. The van der Waals surface area contributed by atoms with Crippen LogP contribution in [0.15, 0.2) is 101 Å². The topological polar surface area (TPSA) is 64.7 Å². The molecule has 0 radical (unpaired) electrons. The molecule has 4 rings (SSSR count). The van der Waals surface area contributed by atoms with Gasteiger partial charge in [0.15, 0.2) is 0 Å². The van der Waals surface area contributed by atoms with E-state index in [1.807, 2.05) is 85.8 Å². The molecule has 0 aliphatic carbocycles. The number of hydrogen-bond acceptors (Lipinski definition) is 4. The molecule has 0 aromatic heterocycles. The summed E-state index contributed by atoms with van der Waals surface area (Å²) in [7, 11) is 0. The van der Waals surface area contributed by atoms with Crippen LogP contribution in [0.1, 0.15) is 29.2 Å². The smallest absolute Gasteiger partial charge is 0.339 e. The summed E-state index contributed by atoms with van der Waals surface area (Å²) in [5.41, 5.74) is 10.4. The first-order chi connectivity index (χ1) is 14.6. The van der Waals surface area contributed by atoms with E-state index in [-0.39, 0.29) is 12.4 Å². The SMILES string of the molecule is CCOC(=O)C1=C(N)N=C(c2cccc(C)c2)C1(c1ccccc1)c1ccccc1. The highest BCUT2D eigenvalue weighted by molar-refractivity contribution is 6.20. The molecule has 4 nitrogen and oxygen atoms in total. The largest absolute Gasteiger partial charge is 0.462 e. The van der Waals surface area contributed by atoms with Crippen LogP contribution in [0, 0.1) is 6.92 Å². The number of rotatable bonds is 5. The highest BCUT2D eigenvalue weighted by Gasteiger charge is 2.52. The Hall–Kier alpha value is -3.66. The van der Waals surface area contributed by atoms with Crippen LogP contribution in [0.5, 0.6) is 0 Å². The Morgan fingerprint density at radius 1 is 0.933 bits per heavy atom. The summed E-state index contributed by atoms with van der Waals surface area (Å²) in [6, 6.07) is 27.9. The predicted molar refractivity (Wildman–Crippen MR) is 119 cm³/mol. The molecule has 0 bridgehead atoms. The van der Waals surface area contributed by atoms with Gasteiger partial charge in [-0.25, -0.2) is 9.79 Å². The summed E-state index contributed by atoms with van der Waals surface area (Å²) in [4.78, 5) is 18.0. The number of hydrogen-bond donors (Lipinski definition) is 1. The van der Waals surface area contributed by atoms with E-state index in [9.17, 15) is 4.79 Å². The maximum atomic E-state index is 13.2. The quantitative estimate of drug-likeness (QED) is 0.645. The number of nitrogens with two attached hydrogens (primary N) is 1. The lowest BCUT2D eigenvalue weighted by molar-refractivity contribution is -0.139. The average molecular weight is 396 g/mol. The second-order valence-electron chi connectivity index (χ2n) is 7.29. The average Bonchev–Trinajstić information content (AvgIpc) is 3.09. The number of benzene rings is 3. The fourth-order valence-corrected chi connectivity index (χ4v) is 4.21. The third kappa shape index (κ3) is 3.11. The van der Waals surface area contributed by atoms with E-state index in [0.29, 0.717) is 5.57 Å². The van der Waals surface area contributed by atoms with Crippen molar-refractivity contribution in [2.45, 2.75) is 19.3 Å². The van der Waals surface area contributed by atoms with Crippen molar-refractivity contribution in [3.8, 4) is 0 Å². The first kappa shape index (κ1) is 19.6. The molecule has 4 heteroatoms. The summed E-state index contributed by atoms with van der Waals surface area (Å²) < 4.78 is 5.45. The molecule has 0 saturated heterocycles. The lowest BCUT2D eigenvalue weighted by Crippen LogP contribution is -2.41. The molecule has 0 amide bonds. The third-order valence-corrected chi connectivity index (χ3v) is 5.40. The third-order valence-electron chi connectivity index (χ3n) is 5.40. The van der Waals surface area contributed by atoms with Gasteiger partial charge in [0, 0.05) is 0 Å². The normalized spacial score (nSPS) is 15.1. The number of nitrogens with zero attached hydrogens (tertiary/aromatic N) is 1. The Balaban J connectivity index is 2.09. The second-order valence-corrected chi connectivity index (χ2v) is 7.29. The zero-order valence-electron chi connectivity index (χ0n) is 17.1. The maximum Gasteiger partial charge on any atom is 0.339 e. The Morgan fingerprint density at radius 2 is 1.53 bits per heavy atom. The minimum absolute atomic E-state index is 0.192. The van der Waals surface area contributed by atoms with Gasteiger partial charge in [-0.2, -0.15) is 0 Å². The molecule has 0 saturated carbocycles. The van der Waals surface area contributed by atoms with Crippen molar-refractivity contribution in [3.63, 3.8) is 0 Å². The van der Waals surface area contributed by atoms with Gasteiger partial charge in [0.05, 0.1) is 17.7 Å². The molecule has 3 aromatic rings. The Bertz CT molecular complexity index is 1090. The first-order valence-corrected chi connectivity index (χ1v) is 10.0. The number of esters is 1. The van der Waals surface area contributed by atoms with Crippen molar-refractivity contribution in [2.75, 3.05) is 6.61 Å². The van der Waals surface area contributed by atoms with Gasteiger partial charge in [-0.1, -0.05) is 90.5 Å². The molecule has 0 fully saturated rings. The second kappa shape index (κ2) is 7.99. The summed E-state index contributed by atoms with van der Waals surface area (Å²) >= 11 is 0. The van der Waals surface area contributed by atoms with Gasteiger partial charge in [0.1, 0.15) is 11.4 Å². The summed E-state index contributed by atoms with van der Waals surface area (Å²) in [5.74, 6) is -0.258. The molecular weight excluding hydrogens is 372 g/mol. The van der Waals surface area contributed by atoms with Crippen molar-refractivity contribution >= 4 is 11.7 Å². The van der Waals surface area contributed by atoms with Gasteiger partial charge in [0.2, 0.25) is 0 Å². The minimum Gasteiger partial charge on any atom is -0.462 e. The van der Waals surface area contributed by atoms with Gasteiger partial charge in [0.25, 0.3) is 0 Å². The molecule has 3 aromatic carbocycles. The standard InChI is InChI=1S/C26H24N2O2/c1-3-30-25(29)22-24(27)28-23(19-12-10-11-18(2)17-19)26(22,20-13-6-4-7-14-20)21-15-8-5-9-16-21/h4-17H,3,27H2,1-2H3. The van der Waals surface area contributed by atoms with Crippen molar-refractivity contribution < 1.29 is 9.53 Å². The van der Waals surface area contributed by atoms with E-state index in [1.54, 1.807) is 6.92 Å². The molecule has 0 spiro atoms. The van der Waals surface area contributed by atoms with Crippen LogP contribution in [-0.4, -0.2) is 18.3 Å². The highest BCUT2D eigenvalue weighted by Crippen LogP contribution is 2.47. The van der Waals surface area contributed by atoms with Crippen LogP contribution in [-0.2, 0) is 14.9 Å². The number of carbonyl (C=O) groups is 1. The Morgan fingerprint density at radius 3 is 2.07 bits per heavy atom. The van der Waals surface area contributed by atoms with E-state index >= 15 is 0 Å². The molecule has 150 valence electrons. The number of ether oxygens (including phenoxy) is 1. The molecule has 0 atom stereocenters.